The number of amides is 1. The lowest BCUT2D eigenvalue weighted by molar-refractivity contribution is -0.192. The maximum atomic E-state index is 12.4. The standard InChI is InChI=1S/C14H17N5O.C2HF3O2/c15-8-12-2-1-7-19(12)14(20)11-5-3-10(4-6-11)13-16-9-17-18-13;3-2(4,5)1(6)7/h3-6,9,12H,1-2,7-8,15H2,(H,16,17,18);(H,6,7)/t12-;/m1./s1. The average molecular weight is 385 g/mol. The molecule has 4 N–H and O–H groups in total. The lowest BCUT2D eigenvalue weighted by Gasteiger charge is -2.23. The molecule has 27 heavy (non-hydrogen) atoms. The molecular weight excluding hydrogens is 367 g/mol. The number of likely N-dealkylation sites (tertiary alicyclic amines) is 1. The Kier molecular flexibility index (Phi) is 6.50. The van der Waals surface area contributed by atoms with Gasteiger partial charge >= 0.3 is 12.1 Å². The van der Waals surface area contributed by atoms with E-state index in [1.807, 2.05) is 29.2 Å². The highest BCUT2D eigenvalue weighted by Crippen LogP contribution is 2.21. The van der Waals surface area contributed by atoms with Crippen LogP contribution in [-0.2, 0) is 4.79 Å². The lowest BCUT2D eigenvalue weighted by Crippen LogP contribution is -2.39. The number of aliphatic carboxylic acids is 1. The van der Waals surface area contributed by atoms with Crippen LogP contribution < -0.4 is 5.73 Å². The molecule has 1 saturated heterocycles. The Labute approximate surface area is 152 Å². The summed E-state index contributed by atoms with van der Waals surface area (Å²) in [6, 6.07) is 7.58. The van der Waals surface area contributed by atoms with Crippen LogP contribution in [0.4, 0.5) is 13.2 Å². The first-order valence-corrected chi connectivity index (χ1v) is 8.01. The molecule has 0 spiro atoms. The quantitative estimate of drug-likeness (QED) is 0.738. The Morgan fingerprint density at radius 3 is 2.41 bits per heavy atom. The number of alkyl halides is 3. The van der Waals surface area contributed by atoms with E-state index >= 15 is 0 Å². The van der Waals surface area contributed by atoms with Gasteiger partial charge in [0.2, 0.25) is 0 Å². The van der Waals surface area contributed by atoms with Crippen LogP contribution >= 0.6 is 0 Å². The first-order valence-electron chi connectivity index (χ1n) is 8.01. The molecule has 1 aromatic heterocycles. The molecular formula is C16H18F3N5O3. The van der Waals surface area contributed by atoms with Crippen LogP contribution in [0.25, 0.3) is 11.4 Å². The summed E-state index contributed by atoms with van der Waals surface area (Å²) in [4.78, 5) is 27.3. The Morgan fingerprint density at radius 2 is 1.93 bits per heavy atom. The predicted molar refractivity (Wildman–Crippen MR) is 88.6 cm³/mol. The van der Waals surface area contributed by atoms with Gasteiger partial charge in [0.25, 0.3) is 5.91 Å². The third-order valence-corrected chi connectivity index (χ3v) is 3.97. The number of nitrogens with one attached hydrogen (secondary N) is 1. The summed E-state index contributed by atoms with van der Waals surface area (Å²) in [6.07, 6.45) is -1.59. The third-order valence-electron chi connectivity index (χ3n) is 3.97. The fraction of sp³-hybridized carbons (Fsp3) is 0.375. The van der Waals surface area contributed by atoms with Gasteiger partial charge in [0.1, 0.15) is 6.33 Å². The van der Waals surface area contributed by atoms with Crippen molar-refractivity contribution in [2.45, 2.75) is 25.1 Å². The van der Waals surface area contributed by atoms with Crippen molar-refractivity contribution in [3.8, 4) is 11.4 Å². The number of nitrogens with two attached hydrogens (primary N) is 1. The molecule has 1 atom stereocenters. The molecule has 1 aliphatic rings. The Bertz CT molecular complexity index is 763. The van der Waals surface area contributed by atoms with Crippen LogP contribution in [0.2, 0.25) is 0 Å². The van der Waals surface area contributed by atoms with Crippen LogP contribution in [0, 0.1) is 0 Å². The van der Waals surface area contributed by atoms with Gasteiger partial charge in [0.05, 0.1) is 0 Å². The van der Waals surface area contributed by atoms with Crippen molar-refractivity contribution in [1.29, 1.82) is 0 Å². The Hall–Kier alpha value is -2.95. The van der Waals surface area contributed by atoms with Crippen molar-refractivity contribution < 1.29 is 27.9 Å². The summed E-state index contributed by atoms with van der Waals surface area (Å²) in [5, 5.41) is 13.7. The minimum absolute atomic E-state index is 0.0575. The van der Waals surface area contributed by atoms with Gasteiger partial charge in [0, 0.05) is 30.3 Å². The van der Waals surface area contributed by atoms with Gasteiger partial charge in [-0.25, -0.2) is 9.78 Å². The van der Waals surface area contributed by atoms with E-state index in [4.69, 9.17) is 15.6 Å². The van der Waals surface area contributed by atoms with Crippen LogP contribution in [0.5, 0.6) is 0 Å². The van der Waals surface area contributed by atoms with E-state index in [0.29, 0.717) is 17.9 Å². The zero-order chi connectivity index (χ0) is 20.0. The second kappa shape index (κ2) is 8.62. The number of carboxylic acid groups (broad SMARTS) is 1. The molecule has 2 heterocycles. The van der Waals surface area contributed by atoms with Crippen LogP contribution in [0.15, 0.2) is 30.6 Å². The Morgan fingerprint density at radius 1 is 1.30 bits per heavy atom. The number of hydrogen-bond acceptors (Lipinski definition) is 5. The first-order chi connectivity index (χ1) is 12.7. The van der Waals surface area contributed by atoms with E-state index in [-0.39, 0.29) is 11.9 Å². The van der Waals surface area contributed by atoms with E-state index in [1.54, 1.807) is 0 Å². The molecule has 0 bridgehead atoms. The van der Waals surface area contributed by atoms with Crippen molar-refractivity contribution in [2.75, 3.05) is 13.1 Å². The molecule has 0 radical (unpaired) electrons. The van der Waals surface area contributed by atoms with Gasteiger partial charge in [0.15, 0.2) is 5.82 Å². The number of aromatic nitrogens is 3. The number of nitrogens with zero attached hydrogens (tertiary/aromatic N) is 3. The van der Waals surface area contributed by atoms with Crippen molar-refractivity contribution in [3.63, 3.8) is 0 Å². The highest BCUT2D eigenvalue weighted by Gasteiger charge is 2.38. The van der Waals surface area contributed by atoms with Gasteiger partial charge in [-0.3, -0.25) is 9.89 Å². The monoisotopic (exact) mass is 385 g/mol. The third kappa shape index (κ3) is 5.26. The first kappa shape index (κ1) is 20.4. The molecule has 8 nitrogen and oxygen atoms in total. The second-order valence-corrected chi connectivity index (χ2v) is 5.74. The number of halogens is 3. The average Bonchev–Trinajstić information content (AvgIpc) is 3.32. The summed E-state index contributed by atoms with van der Waals surface area (Å²) in [5.41, 5.74) is 7.32. The smallest absolute Gasteiger partial charge is 0.475 e. The van der Waals surface area contributed by atoms with Crippen LogP contribution in [0.1, 0.15) is 23.2 Å². The van der Waals surface area contributed by atoms with Crippen molar-refractivity contribution in [3.05, 3.63) is 36.2 Å². The molecule has 1 fully saturated rings. The minimum Gasteiger partial charge on any atom is -0.475 e. The lowest BCUT2D eigenvalue weighted by atomic mass is 10.1. The number of carbonyl (C=O) groups is 2. The summed E-state index contributed by atoms with van der Waals surface area (Å²) in [5.74, 6) is -2.00. The second-order valence-electron chi connectivity index (χ2n) is 5.74. The van der Waals surface area contributed by atoms with E-state index in [1.165, 1.54) is 6.33 Å². The topological polar surface area (TPSA) is 125 Å². The number of rotatable bonds is 3. The van der Waals surface area contributed by atoms with Gasteiger partial charge in [-0.2, -0.15) is 18.3 Å². The zero-order valence-electron chi connectivity index (χ0n) is 14.1. The summed E-state index contributed by atoms with van der Waals surface area (Å²) < 4.78 is 31.7. The summed E-state index contributed by atoms with van der Waals surface area (Å²) >= 11 is 0. The normalized spacial score (nSPS) is 16.6. The molecule has 146 valence electrons. The van der Waals surface area contributed by atoms with Crippen molar-refractivity contribution in [2.24, 2.45) is 5.73 Å². The Balaban J connectivity index is 0.000000321. The van der Waals surface area contributed by atoms with E-state index in [9.17, 15) is 18.0 Å². The van der Waals surface area contributed by atoms with Crippen LogP contribution in [-0.4, -0.2) is 62.4 Å². The van der Waals surface area contributed by atoms with Crippen LogP contribution in [0.3, 0.4) is 0 Å². The fourth-order valence-corrected chi connectivity index (χ4v) is 2.63. The molecule has 1 amide bonds. The van der Waals surface area contributed by atoms with Crippen molar-refractivity contribution >= 4 is 11.9 Å². The number of hydrogen-bond donors (Lipinski definition) is 3. The largest absolute Gasteiger partial charge is 0.490 e. The predicted octanol–water partition coefficient (Wildman–Crippen LogP) is 1.67. The zero-order valence-corrected chi connectivity index (χ0v) is 14.1. The number of H-pyrrole nitrogens is 1. The minimum atomic E-state index is -5.08. The van der Waals surface area contributed by atoms with Gasteiger partial charge in [-0.15, -0.1) is 0 Å². The van der Waals surface area contributed by atoms with Gasteiger partial charge in [-0.1, -0.05) is 12.1 Å². The number of carboxylic acids is 1. The van der Waals surface area contributed by atoms with Crippen molar-refractivity contribution in [1.82, 2.24) is 20.1 Å². The van der Waals surface area contributed by atoms with Gasteiger partial charge < -0.3 is 15.7 Å². The number of carbonyl (C=O) groups excluding carboxylic acids is 1. The molecule has 0 unspecified atom stereocenters. The molecule has 1 aliphatic heterocycles. The van der Waals surface area contributed by atoms with E-state index < -0.39 is 12.1 Å². The van der Waals surface area contributed by atoms with E-state index in [2.05, 4.69) is 15.2 Å². The molecule has 0 saturated carbocycles. The maximum absolute atomic E-state index is 12.4. The summed E-state index contributed by atoms with van der Waals surface area (Å²) in [6.45, 7) is 1.33. The van der Waals surface area contributed by atoms with E-state index in [0.717, 1.165) is 24.9 Å². The SMILES string of the molecule is NC[C@H]1CCCN1C(=O)c1ccc(-c2ncn[nH]2)cc1.O=C(O)C(F)(F)F. The number of benzene rings is 1. The molecule has 0 aliphatic carbocycles. The summed E-state index contributed by atoms with van der Waals surface area (Å²) in [7, 11) is 0. The van der Waals surface area contributed by atoms with Gasteiger partial charge in [-0.05, 0) is 25.0 Å². The highest BCUT2D eigenvalue weighted by molar-refractivity contribution is 5.95. The highest BCUT2D eigenvalue weighted by atomic mass is 19.4. The molecule has 2 aromatic rings. The fourth-order valence-electron chi connectivity index (χ4n) is 2.63. The maximum Gasteiger partial charge on any atom is 0.490 e. The molecule has 11 heteroatoms. The molecule has 3 rings (SSSR count). The molecule has 1 aromatic carbocycles. The number of aromatic amines is 1.